The van der Waals surface area contributed by atoms with E-state index in [-0.39, 0.29) is 17.9 Å². The minimum absolute atomic E-state index is 0.0413. The second kappa shape index (κ2) is 9.14. The number of nitrogens with one attached hydrogen (secondary N) is 2. The number of ether oxygens (including phenoxy) is 1. The zero-order chi connectivity index (χ0) is 22.8. The first-order valence-corrected chi connectivity index (χ1v) is 11.7. The van der Waals surface area contributed by atoms with Crippen molar-refractivity contribution in [1.82, 2.24) is 0 Å². The van der Waals surface area contributed by atoms with Crippen LogP contribution in [0.5, 0.6) is 5.75 Å². The average Bonchev–Trinajstić information content (AvgIpc) is 3.34. The van der Waals surface area contributed by atoms with Crippen molar-refractivity contribution in [3.05, 3.63) is 102 Å². The number of amides is 1. The highest BCUT2D eigenvalue weighted by atomic mass is 16.5. The topological polar surface area (TPSA) is 50.4 Å². The van der Waals surface area contributed by atoms with Gasteiger partial charge in [0.2, 0.25) is 5.91 Å². The van der Waals surface area contributed by atoms with Crippen molar-refractivity contribution >= 4 is 17.3 Å². The van der Waals surface area contributed by atoms with Crippen LogP contribution in [-0.4, -0.2) is 5.91 Å². The summed E-state index contributed by atoms with van der Waals surface area (Å²) in [5, 5.41) is 6.84. The summed E-state index contributed by atoms with van der Waals surface area (Å²) in [6.45, 7) is 4.37. The van der Waals surface area contributed by atoms with Crippen molar-refractivity contribution < 1.29 is 9.53 Å². The fraction of sp³-hybridized carbons (Fsp3) is 0.276. The number of rotatable bonds is 6. The van der Waals surface area contributed by atoms with Gasteiger partial charge in [-0.3, -0.25) is 4.79 Å². The van der Waals surface area contributed by atoms with E-state index in [1.807, 2.05) is 44.2 Å². The summed E-state index contributed by atoms with van der Waals surface area (Å²) in [6, 6.07) is 25.0. The number of hydrogen-bond acceptors (Lipinski definition) is 3. The highest BCUT2D eigenvalue weighted by molar-refractivity contribution is 5.92. The lowest BCUT2D eigenvalue weighted by molar-refractivity contribution is -0.118. The van der Waals surface area contributed by atoms with Crippen LogP contribution in [0.4, 0.5) is 11.4 Å². The molecule has 0 radical (unpaired) electrons. The molecule has 168 valence electrons. The van der Waals surface area contributed by atoms with Gasteiger partial charge in [0.05, 0.1) is 6.04 Å². The van der Waals surface area contributed by atoms with Gasteiger partial charge in [-0.05, 0) is 47.7 Å². The molecular weight excluding hydrogens is 408 g/mol. The minimum Gasteiger partial charge on any atom is -0.489 e. The van der Waals surface area contributed by atoms with Crippen LogP contribution in [0.2, 0.25) is 0 Å². The van der Waals surface area contributed by atoms with E-state index in [2.05, 4.69) is 65.3 Å². The maximum Gasteiger partial charge on any atom is 0.226 e. The molecular formula is C29H30N2O2. The van der Waals surface area contributed by atoms with Crippen LogP contribution in [0.3, 0.4) is 0 Å². The number of allylic oxidation sites excluding steroid dienone is 2. The molecule has 1 aliphatic carbocycles. The molecule has 3 unspecified atom stereocenters. The predicted octanol–water partition coefficient (Wildman–Crippen LogP) is 6.69. The van der Waals surface area contributed by atoms with E-state index in [1.165, 1.54) is 11.1 Å². The molecule has 3 aromatic carbocycles. The SMILES string of the molecule is CC(C)C(=O)Nc1ccc2c(c1)C1C=CCC1C(c1ccccc1OCc1ccccc1)N2. The second-order valence-corrected chi connectivity index (χ2v) is 9.23. The number of fused-ring (bicyclic) bond motifs is 3. The first kappa shape index (κ1) is 21.3. The summed E-state index contributed by atoms with van der Waals surface area (Å²) >= 11 is 0. The van der Waals surface area contributed by atoms with Crippen molar-refractivity contribution in [3.8, 4) is 5.75 Å². The lowest BCUT2D eigenvalue weighted by Crippen LogP contribution is -2.29. The summed E-state index contributed by atoms with van der Waals surface area (Å²) in [5.41, 5.74) is 5.57. The fourth-order valence-electron chi connectivity index (χ4n) is 4.87. The summed E-state index contributed by atoms with van der Waals surface area (Å²) in [4.78, 5) is 12.2. The quantitative estimate of drug-likeness (QED) is 0.422. The Morgan fingerprint density at radius 2 is 1.82 bits per heavy atom. The van der Waals surface area contributed by atoms with Crippen LogP contribution in [0.25, 0.3) is 0 Å². The third-order valence-corrected chi connectivity index (χ3v) is 6.65. The van der Waals surface area contributed by atoms with E-state index in [0.29, 0.717) is 18.4 Å². The van der Waals surface area contributed by atoms with Crippen molar-refractivity contribution in [2.75, 3.05) is 10.6 Å². The Morgan fingerprint density at radius 3 is 2.64 bits per heavy atom. The molecule has 2 aliphatic rings. The molecule has 0 aromatic heterocycles. The van der Waals surface area contributed by atoms with E-state index in [9.17, 15) is 4.79 Å². The normalized spacial score (nSPS) is 20.6. The third kappa shape index (κ3) is 4.38. The number of anilines is 2. The Morgan fingerprint density at radius 1 is 1.03 bits per heavy atom. The number of carbonyl (C=O) groups excluding carboxylic acids is 1. The third-order valence-electron chi connectivity index (χ3n) is 6.65. The van der Waals surface area contributed by atoms with Crippen molar-refractivity contribution in [2.45, 2.75) is 38.8 Å². The Kier molecular flexibility index (Phi) is 5.91. The summed E-state index contributed by atoms with van der Waals surface area (Å²) in [5.74, 6) is 1.63. The molecule has 0 saturated heterocycles. The molecule has 3 aromatic rings. The van der Waals surface area contributed by atoms with Crippen LogP contribution >= 0.6 is 0 Å². The molecule has 0 fully saturated rings. The van der Waals surface area contributed by atoms with Gasteiger partial charge in [-0.25, -0.2) is 0 Å². The molecule has 4 heteroatoms. The van der Waals surface area contributed by atoms with Crippen molar-refractivity contribution in [2.24, 2.45) is 11.8 Å². The van der Waals surface area contributed by atoms with E-state index in [4.69, 9.17) is 4.74 Å². The molecule has 1 heterocycles. The minimum atomic E-state index is -0.0462. The van der Waals surface area contributed by atoms with Gasteiger partial charge in [-0.2, -0.15) is 0 Å². The van der Waals surface area contributed by atoms with Crippen LogP contribution in [0.15, 0.2) is 84.9 Å². The van der Waals surface area contributed by atoms with Gasteiger partial charge >= 0.3 is 0 Å². The monoisotopic (exact) mass is 438 g/mol. The smallest absolute Gasteiger partial charge is 0.226 e. The molecule has 2 N–H and O–H groups in total. The Bertz CT molecular complexity index is 1170. The van der Waals surface area contributed by atoms with Gasteiger partial charge in [0, 0.05) is 28.8 Å². The van der Waals surface area contributed by atoms with E-state index in [0.717, 1.165) is 29.1 Å². The Balaban J connectivity index is 1.42. The first-order valence-electron chi connectivity index (χ1n) is 11.7. The number of para-hydroxylation sites is 1. The van der Waals surface area contributed by atoms with Crippen LogP contribution in [-0.2, 0) is 11.4 Å². The van der Waals surface area contributed by atoms with Gasteiger partial charge in [0.25, 0.3) is 0 Å². The molecule has 33 heavy (non-hydrogen) atoms. The molecule has 0 saturated carbocycles. The maximum atomic E-state index is 12.2. The van der Waals surface area contributed by atoms with Gasteiger partial charge in [-0.15, -0.1) is 0 Å². The molecule has 1 aliphatic heterocycles. The van der Waals surface area contributed by atoms with E-state index < -0.39 is 0 Å². The maximum absolute atomic E-state index is 12.2. The summed E-state index contributed by atoms with van der Waals surface area (Å²) < 4.78 is 6.29. The molecule has 0 spiro atoms. The molecule has 5 rings (SSSR count). The zero-order valence-corrected chi connectivity index (χ0v) is 19.1. The fourth-order valence-corrected chi connectivity index (χ4v) is 4.87. The van der Waals surface area contributed by atoms with Crippen molar-refractivity contribution in [1.29, 1.82) is 0 Å². The number of carbonyl (C=O) groups is 1. The molecule has 3 atom stereocenters. The summed E-state index contributed by atoms with van der Waals surface area (Å²) in [6.07, 6.45) is 5.61. The Labute approximate surface area is 195 Å². The molecule has 1 amide bonds. The first-order chi connectivity index (χ1) is 16.1. The number of benzene rings is 3. The van der Waals surface area contributed by atoms with E-state index >= 15 is 0 Å². The predicted molar refractivity (Wildman–Crippen MR) is 133 cm³/mol. The number of hydrogen-bond donors (Lipinski definition) is 2. The largest absolute Gasteiger partial charge is 0.489 e. The highest BCUT2D eigenvalue weighted by Gasteiger charge is 2.39. The average molecular weight is 439 g/mol. The van der Waals surface area contributed by atoms with E-state index in [1.54, 1.807) is 0 Å². The second-order valence-electron chi connectivity index (χ2n) is 9.23. The lowest BCUT2D eigenvalue weighted by Gasteiger charge is -2.38. The van der Waals surface area contributed by atoms with Gasteiger partial charge < -0.3 is 15.4 Å². The van der Waals surface area contributed by atoms with Crippen LogP contribution in [0, 0.1) is 11.8 Å². The van der Waals surface area contributed by atoms with Gasteiger partial charge in [0.1, 0.15) is 12.4 Å². The molecule has 4 nitrogen and oxygen atoms in total. The molecule has 0 bridgehead atoms. The van der Waals surface area contributed by atoms with Crippen LogP contribution < -0.4 is 15.4 Å². The standard InChI is InChI=1S/C29H30N2O2/c1-19(2)29(32)30-21-15-16-26-25(17-21)22-12-8-13-23(22)28(31-26)24-11-6-7-14-27(24)33-18-20-9-4-3-5-10-20/h3-12,14-17,19,22-23,28,31H,13,18H2,1-2H3,(H,30,32). The Hall–Kier alpha value is -3.53. The van der Waals surface area contributed by atoms with Gasteiger partial charge in [0.15, 0.2) is 0 Å². The lowest BCUT2D eigenvalue weighted by atomic mass is 9.76. The summed E-state index contributed by atoms with van der Waals surface area (Å²) in [7, 11) is 0. The zero-order valence-electron chi connectivity index (χ0n) is 19.1. The highest BCUT2D eigenvalue weighted by Crippen LogP contribution is 2.51. The van der Waals surface area contributed by atoms with Gasteiger partial charge in [-0.1, -0.05) is 74.5 Å². The van der Waals surface area contributed by atoms with Crippen LogP contribution in [0.1, 0.15) is 48.9 Å². The van der Waals surface area contributed by atoms with Crippen molar-refractivity contribution in [3.63, 3.8) is 0 Å².